The molecule has 0 aromatic rings. The predicted octanol–water partition coefficient (Wildman–Crippen LogP) is 3.15. The van der Waals surface area contributed by atoms with Crippen LogP contribution in [-0.2, 0) is 4.79 Å². The van der Waals surface area contributed by atoms with E-state index in [1.807, 2.05) is 13.8 Å². The first-order valence-corrected chi connectivity index (χ1v) is 8.57. The fourth-order valence-corrected chi connectivity index (χ4v) is 3.70. The summed E-state index contributed by atoms with van der Waals surface area (Å²) in [4.78, 5) is 17.0. The van der Waals surface area contributed by atoms with Gasteiger partial charge in [0.15, 0.2) is 0 Å². The Bertz CT molecular complexity index is 308. The number of hydrogen-bond donors (Lipinski definition) is 0. The van der Waals surface area contributed by atoms with E-state index in [4.69, 9.17) is 0 Å². The molecule has 116 valence electrons. The lowest BCUT2D eigenvalue weighted by atomic mass is 9.88. The van der Waals surface area contributed by atoms with E-state index >= 15 is 0 Å². The normalized spacial score (nSPS) is 26.2. The van der Waals surface area contributed by atoms with Crippen molar-refractivity contribution in [2.75, 3.05) is 26.7 Å². The van der Waals surface area contributed by atoms with Crippen molar-refractivity contribution in [3.63, 3.8) is 0 Å². The van der Waals surface area contributed by atoms with Crippen molar-refractivity contribution in [1.29, 1.82) is 0 Å². The highest BCUT2D eigenvalue weighted by atomic mass is 16.2. The number of carbonyl (C=O) groups is 1. The van der Waals surface area contributed by atoms with Crippen molar-refractivity contribution in [3.05, 3.63) is 0 Å². The standard InChI is InChI=1S/C17H32N2O/c1-14(2)17(20)19-11-5-4-6-16(19)8-7-15-9-12-18(3)13-10-15/h14-16H,4-13H2,1-3H3. The van der Waals surface area contributed by atoms with Gasteiger partial charge in [-0.15, -0.1) is 0 Å². The summed E-state index contributed by atoms with van der Waals surface area (Å²) < 4.78 is 0. The van der Waals surface area contributed by atoms with Crippen molar-refractivity contribution in [2.24, 2.45) is 11.8 Å². The molecule has 1 amide bonds. The third-order valence-corrected chi connectivity index (χ3v) is 5.15. The van der Waals surface area contributed by atoms with E-state index in [0.717, 1.165) is 12.5 Å². The maximum absolute atomic E-state index is 12.3. The fraction of sp³-hybridized carbons (Fsp3) is 0.941. The molecule has 2 aliphatic rings. The molecule has 0 spiro atoms. The second-order valence-electron chi connectivity index (χ2n) is 7.16. The van der Waals surface area contributed by atoms with Crippen molar-refractivity contribution in [1.82, 2.24) is 9.80 Å². The molecule has 1 unspecified atom stereocenters. The lowest BCUT2D eigenvalue weighted by molar-refractivity contribution is -0.138. The minimum Gasteiger partial charge on any atom is -0.339 e. The monoisotopic (exact) mass is 280 g/mol. The maximum Gasteiger partial charge on any atom is 0.225 e. The Morgan fingerprint density at radius 3 is 2.40 bits per heavy atom. The molecular weight excluding hydrogens is 248 g/mol. The van der Waals surface area contributed by atoms with Crippen LogP contribution in [0.15, 0.2) is 0 Å². The Labute approximate surface area is 124 Å². The second-order valence-corrected chi connectivity index (χ2v) is 7.16. The van der Waals surface area contributed by atoms with Crippen LogP contribution < -0.4 is 0 Å². The first-order valence-electron chi connectivity index (χ1n) is 8.57. The quantitative estimate of drug-likeness (QED) is 0.790. The van der Waals surface area contributed by atoms with Crippen molar-refractivity contribution >= 4 is 5.91 Å². The lowest BCUT2D eigenvalue weighted by Crippen LogP contribution is -2.45. The Morgan fingerprint density at radius 1 is 1.05 bits per heavy atom. The van der Waals surface area contributed by atoms with Crippen LogP contribution in [-0.4, -0.2) is 48.4 Å². The van der Waals surface area contributed by atoms with Gasteiger partial charge in [0.05, 0.1) is 0 Å². The Kier molecular flexibility index (Phi) is 5.88. The minimum atomic E-state index is 0.152. The number of hydrogen-bond acceptors (Lipinski definition) is 2. The van der Waals surface area contributed by atoms with Gasteiger partial charge in [-0.3, -0.25) is 4.79 Å². The van der Waals surface area contributed by atoms with Gasteiger partial charge in [-0.05, 0) is 71.0 Å². The number of piperidine rings is 2. The van der Waals surface area contributed by atoms with Crippen LogP contribution in [0, 0.1) is 11.8 Å². The van der Waals surface area contributed by atoms with Gasteiger partial charge in [0, 0.05) is 18.5 Å². The number of rotatable bonds is 4. The van der Waals surface area contributed by atoms with E-state index < -0.39 is 0 Å². The molecule has 2 heterocycles. The third-order valence-electron chi connectivity index (χ3n) is 5.15. The largest absolute Gasteiger partial charge is 0.339 e. The molecule has 20 heavy (non-hydrogen) atoms. The van der Waals surface area contributed by atoms with Gasteiger partial charge in [-0.25, -0.2) is 0 Å². The predicted molar refractivity (Wildman–Crippen MR) is 83.6 cm³/mol. The van der Waals surface area contributed by atoms with Gasteiger partial charge in [0.2, 0.25) is 5.91 Å². The van der Waals surface area contributed by atoms with Gasteiger partial charge in [0.1, 0.15) is 0 Å². The molecule has 3 nitrogen and oxygen atoms in total. The van der Waals surface area contributed by atoms with E-state index in [0.29, 0.717) is 11.9 Å². The van der Waals surface area contributed by atoms with Crippen LogP contribution in [0.1, 0.15) is 58.8 Å². The summed E-state index contributed by atoms with van der Waals surface area (Å²) in [6.07, 6.45) is 8.98. The molecule has 0 bridgehead atoms. The lowest BCUT2D eigenvalue weighted by Gasteiger charge is -2.38. The van der Waals surface area contributed by atoms with Crippen molar-refractivity contribution in [3.8, 4) is 0 Å². The highest BCUT2D eigenvalue weighted by molar-refractivity contribution is 5.78. The summed E-state index contributed by atoms with van der Waals surface area (Å²) in [5, 5.41) is 0. The summed E-state index contributed by atoms with van der Waals surface area (Å²) >= 11 is 0. The Balaban J connectivity index is 1.81. The van der Waals surface area contributed by atoms with Crippen LogP contribution in [0.3, 0.4) is 0 Å². The van der Waals surface area contributed by atoms with Crippen LogP contribution in [0.5, 0.6) is 0 Å². The van der Waals surface area contributed by atoms with Gasteiger partial charge >= 0.3 is 0 Å². The topological polar surface area (TPSA) is 23.6 Å². The molecule has 1 atom stereocenters. The molecule has 0 aliphatic carbocycles. The minimum absolute atomic E-state index is 0.152. The zero-order valence-corrected chi connectivity index (χ0v) is 13.6. The van der Waals surface area contributed by atoms with Gasteiger partial charge in [-0.2, -0.15) is 0 Å². The molecule has 2 fully saturated rings. The maximum atomic E-state index is 12.3. The zero-order valence-electron chi connectivity index (χ0n) is 13.6. The van der Waals surface area contributed by atoms with E-state index in [1.54, 1.807) is 0 Å². The average molecular weight is 280 g/mol. The molecule has 2 saturated heterocycles. The number of likely N-dealkylation sites (tertiary alicyclic amines) is 2. The molecule has 0 N–H and O–H groups in total. The second kappa shape index (κ2) is 7.44. The highest BCUT2D eigenvalue weighted by Crippen LogP contribution is 2.27. The number of nitrogens with zero attached hydrogens (tertiary/aromatic N) is 2. The SMILES string of the molecule is CC(C)C(=O)N1CCCCC1CCC1CCN(C)CC1. The summed E-state index contributed by atoms with van der Waals surface area (Å²) in [7, 11) is 2.22. The molecular formula is C17H32N2O. The van der Waals surface area contributed by atoms with Crippen LogP contribution >= 0.6 is 0 Å². The molecule has 0 saturated carbocycles. The van der Waals surface area contributed by atoms with Crippen molar-refractivity contribution < 1.29 is 4.79 Å². The van der Waals surface area contributed by atoms with Gasteiger partial charge in [0.25, 0.3) is 0 Å². The summed E-state index contributed by atoms with van der Waals surface area (Å²) in [5.74, 6) is 1.42. The van der Waals surface area contributed by atoms with Crippen molar-refractivity contribution in [2.45, 2.75) is 64.8 Å². The zero-order chi connectivity index (χ0) is 14.5. The van der Waals surface area contributed by atoms with Crippen LogP contribution in [0.2, 0.25) is 0 Å². The summed E-state index contributed by atoms with van der Waals surface area (Å²) in [6.45, 7) is 7.57. The Hall–Kier alpha value is -0.570. The van der Waals surface area contributed by atoms with E-state index in [-0.39, 0.29) is 5.92 Å². The molecule has 2 aliphatic heterocycles. The number of carbonyl (C=O) groups excluding carboxylic acids is 1. The van der Waals surface area contributed by atoms with Crippen LogP contribution in [0.25, 0.3) is 0 Å². The van der Waals surface area contributed by atoms with E-state index in [1.165, 1.54) is 58.0 Å². The molecule has 0 aromatic heterocycles. The highest BCUT2D eigenvalue weighted by Gasteiger charge is 2.28. The summed E-state index contributed by atoms with van der Waals surface area (Å²) in [5.41, 5.74) is 0. The first kappa shape index (κ1) is 15.8. The smallest absolute Gasteiger partial charge is 0.225 e. The van der Waals surface area contributed by atoms with Gasteiger partial charge in [-0.1, -0.05) is 13.8 Å². The first-order chi connectivity index (χ1) is 9.58. The molecule has 3 heteroatoms. The molecule has 0 aromatic carbocycles. The van der Waals surface area contributed by atoms with E-state index in [2.05, 4.69) is 16.8 Å². The van der Waals surface area contributed by atoms with E-state index in [9.17, 15) is 4.79 Å². The van der Waals surface area contributed by atoms with Crippen LogP contribution in [0.4, 0.5) is 0 Å². The Morgan fingerprint density at radius 2 is 1.75 bits per heavy atom. The third kappa shape index (κ3) is 4.21. The molecule has 0 radical (unpaired) electrons. The average Bonchev–Trinajstić information content (AvgIpc) is 2.46. The molecule has 2 rings (SSSR count). The summed E-state index contributed by atoms with van der Waals surface area (Å²) in [6, 6.07) is 0.526. The number of amides is 1. The fourth-order valence-electron chi connectivity index (χ4n) is 3.70. The van der Waals surface area contributed by atoms with Gasteiger partial charge < -0.3 is 9.80 Å².